The monoisotopic (exact) mass is 562 g/mol. The van der Waals surface area contributed by atoms with Crippen molar-refractivity contribution in [2.75, 3.05) is 39.9 Å². The second-order valence-corrected chi connectivity index (χ2v) is 11.8. The molecule has 4 rings (SSSR count). The van der Waals surface area contributed by atoms with Gasteiger partial charge in [0.25, 0.3) is 11.8 Å². The van der Waals surface area contributed by atoms with Gasteiger partial charge in [0.2, 0.25) is 5.91 Å². The summed E-state index contributed by atoms with van der Waals surface area (Å²) in [7, 11) is 1.62. The number of piperidine rings is 1. The summed E-state index contributed by atoms with van der Waals surface area (Å²) in [6.07, 6.45) is 5.26. The van der Waals surface area contributed by atoms with E-state index in [1.54, 1.807) is 12.0 Å². The van der Waals surface area contributed by atoms with Gasteiger partial charge < -0.3 is 25.6 Å². The highest BCUT2D eigenvalue weighted by Gasteiger charge is 2.40. The topological polar surface area (TPSA) is 105 Å². The number of nitrogens with two attached hydrogens (primary N) is 1. The zero-order chi connectivity index (χ0) is 29.4. The van der Waals surface area contributed by atoms with Gasteiger partial charge in [0.1, 0.15) is 6.04 Å². The number of amides is 3. The minimum atomic E-state index is -0.668. The molecule has 2 fully saturated rings. The van der Waals surface area contributed by atoms with Crippen molar-refractivity contribution in [3.05, 3.63) is 70.8 Å². The molecule has 1 heterocycles. The molecular weight excluding hydrogens is 516 g/mol. The molecule has 2 atom stereocenters. The predicted molar refractivity (Wildman–Crippen MR) is 161 cm³/mol. The van der Waals surface area contributed by atoms with Gasteiger partial charge in [-0.25, -0.2) is 0 Å². The summed E-state index contributed by atoms with van der Waals surface area (Å²) < 4.78 is 5.35. The summed E-state index contributed by atoms with van der Waals surface area (Å²) in [4.78, 5) is 44.7. The molecule has 1 saturated carbocycles. The number of nitrogens with one attached hydrogen (secondary N) is 1. The molecule has 41 heavy (non-hydrogen) atoms. The molecule has 8 nitrogen and oxygen atoms in total. The molecule has 0 aromatic heterocycles. The molecule has 0 spiro atoms. The first-order valence-electron chi connectivity index (χ1n) is 15.0. The Kier molecular flexibility index (Phi) is 10.9. The average Bonchev–Trinajstić information content (AvgIpc) is 3.00. The molecule has 2 aliphatic rings. The Balaban J connectivity index is 1.54. The second kappa shape index (κ2) is 14.6. The van der Waals surface area contributed by atoms with Crippen LogP contribution in [0.1, 0.15) is 70.4 Å². The fourth-order valence-electron chi connectivity index (χ4n) is 6.20. The van der Waals surface area contributed by atoms with Crippen LogP contribution in [0.5, 0.6) is 0 Å². The van der Waals surface area contributed by atoms with Crippen molar-refractivity contribution < 1.29 is 19.1 Å². The molecule has 1 aliphatic heterocycles. The van der Waals surface area contributed by atoms with Crippen LogP contribution in [-0.2, 0) is 9.53 Å². The van der Waals surface area contributed by atoms with Crippen molar-refractivity contribution in [3.8, 4) is 0 Å². The predicted octanol–water partition coefficient (Wildman–Crippen LogP) is 3.95. The van der Waals surface area contributed by atoms with E-state index >= 15 is 0 Å². The van der Waals surface area contributed by atoms with Crippen LogP contribution in [0, 0.1) is 25.7 Å². The van der Waals surface area contributed by atoms with Crippen molar-refractivity contribution in [1.82, 2.24) is 15.1 Å². The van der Waals surface area contributed by atoms with Gasteiger partial charge in [0.15, 0.2) is 0 Å². The minimum absolute atomic E-state index is 0.0788. The number of carbonyl (C=O) groups excluding carboxylic acids is 3. The van der Waals surface area contributed by atoms with E-state index in [2.05, 4.69) is 5.32 Å². The number of benzene rings is 2. The maximum Gasteiger partial charge on any atom is 0.254 e. The van der Waals surface area contributed by atoms with Crippen LogP contribution in [0.25, 0.3) is 0 Å². The van der Waals surface area contributed by atoms with Crippen LogP contribution in [0.15, 0.2) is 48.5 Å². The summed E-state index contributed by atoms with van der Waals surface area (Å²) in [5.74, 6) is 0.618. The second-order valence-electron chi connectivity index (χ2n) is 11.8. The third kappa shape index (κ3) is 7.95. The summed E-state index contributed by atoms with van der Waals surface area (Å²) in [5, 5.41) is 3.18. The molecule has 1 saturated heterocycles. The van der Waals surface area contributed by atoms with Crippen LogP contribution in [0.4, 0.5) is 0 Å². The fraction of sp³-hybridized carbons (Fsp3) is 0.545. The Hall–Kier alpha value is -3.23. The number of carbonyl (C=O) groups is 3. The highest BCUT2D eigenvalue weighted by Crippen LogP contribution is 2.29. The standard InChI is InChI=1S/C33H46N4O4/c1-23-7-13-27(14-8-23)32(39)37-16-15-29(36(17-18-41-3)33(40)28-6-4-5-24(2)19-28)20-30(37)31(38)35-22-26-11-9-25(21-34)10-12-26/h4-8,13-14,19,25-26,29-30H,9-12,15-18,20-22,34H2,1-3H3,(H,35,38)/t25?,26?,29?,30-/m1/s1. The highest BCUT2D eigenvalue weighted by molar-refractivity contribution is 5.98. The Morgan fingerprint density at radius 2 is 1.66 bits per heavy atom. The van der Waals surface area contributed by atoms with E-state index < -0.39 is 6.04 Å². The van der Waals surface area contributed by atoms with E-state index in [1.807, 2.05) is 67.3 Å². The summed E-state index contributed by atoms with van der Waals surface area (Å²) >= 11 is 0. The number of likely N-dealkylation sites (tertiary alicyclic amines) is 1. The summed E-state index contributed by atoms with van der Waals surface area (Å²) in [6.45, 7) is 6.46. The zero-order valence-electron chi connectivity index (χ0n) is 24.8. The lowest BCUT2D eigenvalue weighted by molar-refractivity contribution is -0.127. The van der Waals surface area contributed by atoms with E-state index in [9.17, 15) is 14.4 Å². The molecule has 1 unspecified atom stereocenters. The number of rotatable bonds is 10. The Morgan fingerprint density at radius 1 is 0.951 bits per heavy atom. The first kappa shape index (κ1) is 30.7. The van der Waals surface area contributed by atoms with Gasteiger partial charge in [-0.3, -0.25) is 14.4 Å². The SMILES string of the molecule is COCCN(C(=O)c1cccc(C)c1)C1CCN(C(=O)c2ccc(C)cc2)[C@@H](C(=O)NCC2CCC(CN)CC2)C1. The number of aryl methyl sites for hydroxylation is 2. The van der Waals surface area contributed by atoms with E-state index in [0.29, 0.717) is 62.0 Å². The lowest BCUT2D eigenvalue weighted by Gasteiger charge is -2.43. The van der Waals surface area contributed by atoms with Crippen LogP contribution in [-0.4, -0.2) is 79.5 Å². The average molecular weight is 563 g/mol. The van der Waals surface area contributed by atoms with E-state index in [4.69, 9.17) is 10.5 Å². The number of ether oxygens (including phenoxy) is 1. The van der Waals surface area contributed by atoms with Crippen molar-refractivity contribution in [2.24, 2.45) is 17.6 Å². The van der Waals surface area contributed by atoms with Crippen molar-refractivity contribution in [1.29, 1.82) is 0 Å². The quantitative estimate of drug-likeness (QED) is 0.456. The maximum atomic E-state index is 13.8. The molecule has 2 aromatic rings. The molecule has 3 N–H and O–H groups in total. The van der Waals surface area contributed by atoms with Crippen LogP contribution < -0.4 is 11.1 Å². The third-order valence-corrected chi connectivity index (χ3v) is 8.80. The molecule has 0 bridgehead atoms. The molecule has 8 heteroatoms. The van der Waals surface area contributed by atoms with E-state index in [-0.39, 0.29) is 23.8 Å². The lowest BCUT2D eigenvalue weighted by atomic mass is 9.82. The maximum absolute atomic E-state index is 13.8. The number of nitrogens with zero attached hydrogens (tertiary/aromatic N) is 2. The van der Waals surface area contributed by atoms with Gasteiger partial charge in [0, 0.05) is 43.9 Å². The van der Waals surface area contributed by atoms with Gasteiger partial charge in [-0.1, -0.05) is 35.4 Å². The third-order valence-electron chi connectivity index (χ3n) is 8.80. The number of hydrogen-bond donors (Lipinski definition) is 2. The molecular formula is C33H46N4O4. The van der Waals surface area contributed by atoms with Crippen LogP contribution >= 0.6 is 0 Å². The molecule has 1 aliphatic carbocycles. The highest BCUT2D eigenvalue weighted by atomic mass is 16.5. The van der Waals surface area contributed by atoms with Gasteiger partial charge >= 0.3 is 0 Å². The van der Waals surface area contributed by atoms with Gasteiger partial charge in [-0.2, -0.15) is 0 Å². The minimum Gasteiger partial charge on any atom is -0.383 e. The van der Waals surface area contributed by atoms with Crippen molar-refractivity contribution in [3.63, 3.8) is 0 Å². The number of hydrogen-bond acceptors (Lipinski definition) is 5. The molecule has 222 valence electrons. The van der Waals surface area contributed by atoms with Crippen molar-refractivity contribution >= 4 is 17.7 Å². The largest absolute Gasteiger partial charge is 0.383 e. The molecule has 0 radical (unpaired) electrons. The molecule has 3 amide bonds. The van der Waals surface area contributed by atoms with Crippen LogP contribution in [0.3, 0.4) is 0 Å². The zero-order valence-corrected chi connectivity index (χ0v) is 24.8. The first-order chi connectivity index (χ1) is 19.8. The Labute approximate surface area is 244 Å². The summed E-state index contributed by atoms with van der Waals surface area (Å²) in [6, 6.07) is 14.2. The smallest absolute Gasteiger partial charge is 0.254 e. The van der Waals surface area contributed by atoms with Gasteiger partial charge in [-0.05, 0) is 95.0 Å². The van der Waals surface area contributed by atoms with E-state index in [1.165, 1.54) is 0 Å². The fourth-order valence-corrected chi connectivity index (χ4v) is 6.20. The summed E-state index contributed by atoms with van der Waals surface area (Å²) in [5.41, 5.74) is 9.13. The van der Waals surface area contributed by atoms with Crippen LogP contribution in [0.2, 0.25) is 0 Å². The van der Waals surface area contributed by atoms with Gasteiger partial charge in [0.05, 0.1) is 6.61 Å². The Bertz CT molecular complexity index is 1180. The number of methoxy groups -OCH3 is 1. The lowest BCUT2D eigenvalue weighted by Crippen LogP contribution is -2.58. The Morgan fingerprint density at radius 3 is 2.32 bits per heavy atom. The molecule has 2 aromatic carbocycles. The normalized spacial score (nSPS) is 22.7. The van der Waals surface area contributed by atoms with Gasteiger partial charge in [-0.15, -0.1) is 0 Å². The van der Waals surface area contributed by atoms with Crippen molar-refractivity contribution in [2.45, 2.75) is 64.5 Å². The van der Waals surface area contributed by atoms with E-state index in [0.717, 1.165) is 43.4 Å². The first-order valence-corrected chi connectivity index (χ1v) is 15.0.